The van der Waals surface area contributed by atoms with Crippen molar-refractivity contribution in [3.05, 3.63) is 156 Å². The van der Waals surface area contributed by atoms with Crippen LogP contribution in [0.5, 0.6) is 0 Å². The fourth-order valence-electron chi connectivity index (χ4n) is 6.38. The lowest BCUT2D eigenvalue weighted by atomic mass is 9.86. The van der Waals surface area contributed by atoms with Gasteiger partial charge in [-0.1, -0.05) is 126 Å². The van der Waals surface area contributed by atoms with Crippen molar-refractivity contribution in [2.24, 2.45) is 0 Å². The van der Waals surface area contributed by atoms with Crippen LogP contribution in [0.1, 0.15) is 63.8 Å². The van der Waals surface area contributed by atoms with Gasteiger partial charge in [-0.25, -0.2) is 4.98 Å². The van der Waals surface area contributed by atoms with Crippen molar-refractivity contribution in [2.45, 2.75) is 66.2 Å². The molecule has 0 bridgehead atoms. The predicted molar refractivity (Wildman–Crippen MR) is 202 cm³/mol. The van der Waals surface area contributed by atoms with E-state index in [4.69, 9.17) is 4.98 Å². The van der Waals surface area contributed by atoms with Crippen molar-refractivity contribution < 1.29 is 0 Å². The van der Waals surface area contributed by atoms with E-state index in [0.29, 0.717) is 0 Å². The summed E-state index contributed by atoms with van der Waals surface area (Å²) in [6.45, 7) is 18.1. The molecule has 236 valence electrons. The molecule has 0 N–H and O–H groups in total. The molecule has 0 atom stereocenters. The standard InChI is InChI=1S/C45H46N2/c1-31-27-40(47(38-23-19-36(20-24-38)44(3,4)5)39-25-21-37(22-26-39)45(6,7)8)28-32(2)43(31)35-29-41(33-15-11-9-12-16-33)46-42(30-35)34-17-13-10-14-18-34/h9-30H,1-8H3. The zero-order valence-electron chi connectivity index (χ0n) is 29.1. The molecule has 2 nitrogen and oxygen atoms in total. The molecule has 0 aliphatic heterocycles. The molecule has 2 heteroatoms. The third kappa shape index (κ3) is 6.93. The second-order valence-corrected chi connectivity index (χ2v) is 14.7. The largest absolute Gasteiger partial charge is 0.310 e. The maximum Gasteiger partial charge on any atom is 0.0715 e. The van der Waals surface area contributed by atoms with Crippen LogP contribution in [0.4, 0.5) is 17.1 Å². The number of aromatic nitrogens is 1. The van der Waals surface area contributed by atoms with Gasteiger partial charge >= 0.3 is 0 Å². The lowest BCUT2D eigenvalue weighted by Crippen LogP contribution is -2.14. The van der Waals surface area contributed by atoms with E-state index in [0.717, 1.165) is 39.6 Å². The van der Waals surface area contributed by atoms with E-state index in [1.165, 1.54) is 33.4 Å². The van der Waals surface area contributed by atoms with Gasteiger partial charge in [0.1, 0.15) is 0 Å². The highest BCUT2D eigenvalue weighted by molar-refractivity contribution is 5.84. The minimum absolute atomic E-state index is 0.0916. The fourth-order valence-corrected chi connectivity index (χ4v) is 6.38. The normalized spacial score (nSPS) is 11.8. The molecule has 0 fully saturated rings. The molecule has 0 saturated heterocycles. The third-order valence-corrected chi connectivity index (χ3v) is 9.01. The number of benzene rings is 5. The van der Waals surface area contributed by atoms with Crippen LogP contribution in [0.15, 0.2) is 133 Å². The molecule has 47 heavy (non-hydrogen) atoms. The smallest absolute Gasteiger partial charge is 0.0715 e. The minimum Gasteiger partial charge on any atom is -0.310 e. The Kier molecular flexibility index (Phi) is 8.64. The fraction of sp³-hybridized carbons (Fsp3) is 0.222. The van der Waals surface area contributed by atoms with Crippen molar-refractivity contribution in [2.75, 3.05) is 4.90 Å². The maximum atomic E-state index is 5.12. The third-order valence-electron chi connectivity index (χ3n) is 9.01. The van der Waals surface area contributed by atoms with E-state index in [2.05, 4.69) is 194 Å². The van der Waals surface area contributed by atoms with Gasteiger partial charge in [-0.05, 0) is 107 Å². The van der Waals surface area contributed by atoms with Crippen molar-refractivity contribution in [1.82, 2.24) is 4.98 Å². The summed E-state index contributed by atoms with van der Waals surface area (Å²) < 4.78 is 0. The average Bonchev–Trinajstić information content (AvgIpc) is 3.05. The Morgan fingerprint density at radius 2 is 0.809 bits per heavy atom. The van der Waals surface area contributed by atoms with Crippen molar-refractivity contribution in [1.29, 1.82) is 0 Å². The molecule has 6 aromatic rings. The zero-order chi connectivity index (χ0) is 33.3. The van der Waals surface area contributed by atoms with Crippen LogP contribution in [0.25, 0.3) is 33.6 Å². The van der Waals surface area contributed by atoms with Crippen molar-refractivity contribution >= 4 is 17.1 Å². The monoisotopic (exact) mass is 614 g/mol. The highest BCUT2D eigenvalue weighted by Crippen LogP contribution is 2.41. The Morgan fingerprint density at radius 3 is 1.17 bits per heavy atom. The Balaban J connectivity index is 1.49. The number of hydrogen-bond acceptors (Lipinski definition) is 2. The van der Waals surface area contributed by atoms with Crippen LogP contribution in [-0.4, -0.2) is 4.98 Å². The summed E-state index contributed by atoms with van der Waals surface area (Å²) in [6.07, 6.45) is 0. The van der Waals surface area contributed by atoms with Crippen LogP contribution < -0.4 is 4.90 Å². The number of pyridine rings is 1. The number of aryl methyl sites for hydroxylation is 2. The van der Waals surface area contributed by atoms with Gasteiger partial charge in [0.2, 0.25) is 0 Å². The van der Waals surface area contributed by atoms with Gasteiger partial charge in [0.25, 0.3) is 0 Å². The molecule has 0 spiro atoms. The van der Waals surface area contributed by atoms with Gasteiger partial charge in [-0.15, -0.1) is 0 Å². The van der Waals surface area contributed by atoms with Gasteiger partial charge in [0.15, 0.2) is 0 Å². The highest BCUT2D eigenvalue weighted by Gasteiger charge is 2.20. The van der Waals surface area contributed by atoms with E-state index >= 15 is 0 Å². The first-order valence-electron chi connectivity index (χ1n) is 16.6. The van der Waals surface area contributed by atoms with Crippen molar-refractivity contribution in [3.8, 4) is 33.6 Å². The molecule has 0 aliphatic carbocycles. The topological polar surface area (TPSA) is 16.1 Å². The molecule has 0 radical (unpaired) electrons. The average molecular weight is 615 g/mol. The van der Waals surface area contributed by atoms with Crippen LogP contribution in [0, 0.1) is 13.8 Å². The molecule has 1 heterocycles. The first-order chi connectivity index (χ1) is 22.4. The molecule has 0 amide bonds. The van der Waals surface area contributed by atoms with Gasteiger partial charge in [-0.3, -0.25) is 0 Å². The number of rotatable bonds is 6. The summed E-state index contributed by atoms with van der Waals surface area (Å²) in [5.41, 5.74) is 15.3. The zero-order valence-corrected chi connectivity index (χ0v) is 29.1. The molecule has 1 aromatic heterocycles. The summed E-state index contributed by atoms with van der Waals surface area (Å²) in [5.74, 6) is 0. The molecule has 0 aliphatic rings. The van der Waals surface area contributed by atoms with E-state index in [1.54, 1.807) is 0 Å². The Hall–Kier alpha value is -4.95. The van der Waals surface area contributed by atoms with Crippen molar-refractivity contribution in [3.63, 3.8) is 0 Å². The number of hydrogen-bond donors (Lipinski definition) is 0. The SMILES string of the molecule is Cc1cc(N(c2ccc(C(C)(C)C)cc2)c2ccc(C(C)(C)C)cc2)cc(C)c1-c1cc(-c2ccccc2)nc(-c2ccccc2)c1. The molecule has 0 unspecified atom stereocenters. The summed E-state index contributed by atoms with van der Waals surface area (Å²) in [4.78, 5) is 7.51. The molecular formula is C45H46N2. The second-order valence-electron chi connectivity index (χ2n) is 14.7. The molecule has 6 rings (SSSR count). The van der Waals surface area contributed by atoms with Crippen LogP contribution in [0.3, 0.4) is 0 Å². The Labute approximate surface area is 281 Å². The number of nitrogens with zero attached hydrogens (tertiary/aromatic N) is 2. The highest BCUT2D eigenvalue weighted by atomic mass is 15.1. The molecule has 5 aromatic carbocycles. The summed E-state index contributed by atoms with van der Waals surface area (Å²) in [5, 5.41) is 0. The summed E-state index contributed by atoms with van der Waals surface area (Å²) in [7, 11) is 0. The van der Waals surface area contributed by atoms with E-state index < -0.39 is 0 Å². The maximum absolute atomic E-state index is 5.12. The molecular weight excluding hydrogens is 569 g/mol. The summed E-state index contributed by atoms with van der Waals surface area (Å²) in [6, 6.07) is 48.2. The first-order valence-corrected chi connectivity index (χ1v) is 16.6. The van der Waals surface area contributed by atoms with Crippen LogP contribution in [-0.2, 0) is 10.8 Å². The van der Waals surface area contributed by atoms with E-state index in [1.807, 2.05) is 0 Å². The second kappa shape index (κ2) is 12.7. The first kappa shape index (κ1) is 32.0. The van der Waals surface area contributed by atoms with E-state index in [-0.39, 0.29) is 10.8 Å². The van der Waals surface area contributed by atoms with Gasteiger partial charge in [-0.2, -0.15) is 0 Å². The lowest BCUT2D eigenvalue weighted by molar-refractivity contribution is 0.590. The van der Waals surface area contributed by atoms with E-state index in [9.17, 15) is 0 Å². The Morgan fingerprint density at radius 1 is 0.426 bits per heavy atom. The lowest BCUT2D eigenvalue weighted by Gasteiger charge is -2.29. The van der Waals surface area contributed by atoms with Gasteiger partial charge in [0, 0.05) is 28.2 Å². The summed E-state index contributed by atoms with van der Waals surface area (Å²) >= 11 is 0. The molecule has 0 saturated carbocycles. The van der Waals surface area contributed by atoms with Crippen LogP contribution in [0.2, 0.25) is 0 Å². The van der Waals surface area contributed by atoms with Gasteiger partial charge < -0.3 is 4.90 Å². The Bertz CT molecular complexity index is 1840. The van der Waals surface area contributed by atoms with Gasteiger partial charge in [0.05, 0.1) is 11.4 Å². The number of anilines is 3. The van der Waals surface area contributed by atoms with Crippen LogP contribution >= 0.6 is 0 Å². The minimum atomic E-state index is 0.0916. The quantitative estimate of drug-likeness (QED) is 0.185. The predicted octanol–water partition coefficient (Wildman–Crippen LogP) is 12.8.